The van der Waals surface area contributed by atoms with Gasteiger partial charge in [0.15, 0.2) is 73.6 Å². The number of esters is 14. The van der Waals surface area contributed by atoms with Gasteiger partial charge in [0.1, 0.15) is 73.9 Å². The molecule has 112 heavy (non-hydrogen) atoms. The van der Waals surface area contributed by atoms with E-state index in [4.69, 9.17) is 94.7 Å². The number of anilines is 2. The van der Waals surface area contributed by atoms with Crippen molar-refractivity contribution in [1.29, 1.82) is 0 Å². The van der Waals surface area contributed by atoms with E-state index in [2.05, 4.69) is 10.6 Å². The Hall–Kier alpha value is -10.4. The Morgan fingerprint density at radius 1 is 0.268 bits per heavy atom. The second-order valence-electron chi connectivity index (χ2n) is 25.1. The lowest BCUT2D eigenvalue weighted by molar-refractivity contribution is -0.341. The third kappa shape index (κ3) is 26.4. The van der Waals surface area contributed by atoms with Gasteiger partial charge in [-0.15, -0.1) is 0 Å². The lowest BCUT2D eigenvalue weighted by Crippen LogP contribution is -2.66. The van der Waals surface area contributed by atoms with Crippen molar-refractivity contribution in [3.8, 4) is 0 Å². The van der Waals surface area contributed by atoms with Crippen LogP contribution < -0.4 is 10.6 Å². The number of ether oxygens (including phenoxy) is 20. The Kier molecular flexibility index (Phi) is 32.7. The van der Waals surface area contributed by atoms with Gasteiger partial charge in [0.25, 0.3) is 11.8 Å². The summed E-state index contributed by atoms with van der Waals surface area (Å²) >= 11 is 1.86. The Balaban J connectivity index is 1.06. The van der Waals surface area contributed by atoms with E-state index in [9.17, 15) is 76.7 Å². The van der Waals surface area contributed by atoms with E-state index in [-0.39, 0.29) is 22.5 Å². The van der Waals surface area contributed by atoms with Crippen molar-refractivity contribution >= 4 is 130 Å². The third-order valence-electron chi connectivity index (χ3n) is 15.9. The van der Waals surface area contributed by atoms with Crippen molar-refractivity contribution < 1.29 is 171 Å². The lowest BCUT2D eigenvalue weighted by atomic mass is 9.96. The molecular weight excluding hydrogens is 1530 g/mol. The molecule has 0 bridgehead atoms. The maximum Gasteiger partial charge on any atom is 0.303 e. The molecule has 2 amide bonds. The summed E-state index contributed by atoms with van der Waals surface area (Å²) < 4.78 is 116. The predicted molar refractivity (Wildman–Crippen MR) is 373 cm³/mol. The summed E-state index contributed by atoms with van der Waals surface area (Å²) in [6.07, 6.45) is -29.8. The summed E-state index contributed by atoms with van der Waals surface area (Å²) in [7, 11) is 0. The second kappa shape index (κ2) is 41.2. The van der Waals surface area contributed by atoms with E-state index in [0.29, 0.717) is 9.79 Å². The van der Waals surface area contributed by atoms with E-state index in [1.165, 1.54) is 48.5 Å². The molecule has 0 unspecified atom stereocenters. The fourth-order valence-electron chi connectivity index (χ4n) is 11.8. The van der Waals surface area contributed by atoms with Crippen LogP contribution in [-0.4, -0.2) is 243 Å². The summed E-state index contributed by atoms with van der Waals surface area (Å²) in [5.41, 5.74) is -1.87. The van der Waals surface area contributed by atoms with E-state index < -0.39 is 243 Å². The Morgan fingerprint density at radius 2 is 0.491 bits per heavy atom. The number of nitrogens with one attached hydrogen (secondary N) is 2. The summed E-state index contributed by atoms with van der Waals surface area (Å²) in [6, 6.07) is 17.8. The minimum Gasteiger partial charge on any atom is -0.463 e. The van der Waals surface area contributed by atoms with Gasteiger partial charge in [-0.1, -0.05) is 23.5 Å². The molecule has 0 saturated carbocycles. The van der Waals surface area contributed by atoms with Crippen LogP contribution in [0.1, 0.15) is 118 Å². The Bertz CT molecular complexity index is 3680. The van der Waals surface area contributed by atoms with Crippen LogP contribution in [0.25, 0.3) is 0 Å². The fraction of sp³-hybridized carbons (Fsp3) is 0.528. The average Bonchev–Trinajstić information content (AvgIpc) is 0.769. The average molecular weight is 1620 g/mol. The number of amides is 2. The van der Waals surface area contributed by atoms with Crippen LogP contribution in [0.15, 0.2) is 82.6 Å². The first kappa shape index (κ1) is 88.9. The van der Waals surface area contributed by atoms with Crippen molar-refractivity contribution in [2.75, 3.05) is 37.1 Å². The van der Waals surface area contributed by atoms with E-state index in [0.717, 1.165) is 120 Å². The molecule has 4 fully saturated rings. The highest BCUT2D eigenvalue weighted by molar-refractivity contribution is 8.00. The zero-order valence-corrected chi connectivity index (χ0v) is 64.5. The maximum atomic E-state index is 13.7. The van der Waals surface area contributed by atoms with Gasteiger partial charge in [0, 0.05) is 129 Å². The molecule has 0 aromatic heterocycles. The van der Waals surface area contributed by atoms with Crippen LogP contribution in [0.5, 0.6) is 0 Å². The fourth-order valence-corrected chi connectivity index (χ4v) is 14.0. The van der Waals surface area contributed by atoms with Crippen LogP contribution in [0.2, 0.25) is 0 Å². The van der Waals surface area contributed by atoms with Crippen LogP contribution in [0.4, 0.5) is 11.4 Å². The molecule has 2 N–H and O–H groups in total. The molecule has 610 valence electrons. The largest absolute Gasteiger partial charge is 0.463 e. The first-order valence-electron chi connectivity index (χ1n) is 34.3. The Labute approximate surface area is 647 Å². The van der Waals surface area contributed by atoms with E-state index in [1.807, 2.05) is 0 Å². The van der Waals surface area contributed by atoms with Crippen molar-refractivity contribution in [3.05, 3.63) is 83.9 Å². The quantitative estimate of drug-likeness (QED) is 0.0711. The zero-order valence-electron chi connectivity index (χ0n) is 62.8. The molecule has 7 rings (SSSR count). The van der Waals surface area contributed by atoms with Gasteiger partial charge in [0.05, 0.1) is 0 Å². The topological polar surface area (TPSA) is 482 Å². The minimum absolute atomic E-state index is 0.119. The molecule has 0 radical (unpaired) electrons. The number of carbonyl (C=O) groups excluding carboxylic acids is 16. The van der Waals surface area contributed by atoms with Crippen LogP contribution in [0.3, 0.4) is 0 Å². The monoisotopic (exact) mass is 1620 g/mol. The summed E-state index contributed by atoms with van der Waals surface area (Å²) in [5, 5.41) is 5.52. The molecule has 40 heteroatoms. The van der Waals surface area contributed by atoms with Crippen LogP contribution >= 0.6 is 23.5 Å². The number of carbonyl (C=O) groups is 16. The van der Waals surface area contributed by atoms with Gasteiger partial charge in [-0.25, -0.2) is 0 Å². The smallest absolute Gasteiger partial charge is 0.303 e. The molecule has 0 spiro atoms. The van der Waals surface area contributed by atoms with E-state index in [1.54, 1.807) is 24.3 Å². The predicted octanol–water partition coefficient (Wildman–Crippen LogP) is 3.61. The van der Waals surface area contributed by atoms with Gasteiger partial charge in [0.2, 0.25) is 0 Å². The molecule has 3 aromatic carbocycles. The molecule has 20 atom stereocenters. The van der Waals surface area contributed by atoms with Gasteiger partial charge in [-0.2, -0.15) is 0 Å². The van der Waals surface area contributed by atoms with Crippen LogP contribution in [0, 0.1) is 0 Å². The van der Waals surface area contributed by atoms with Gasteiger partial charge in [-0.3, -0.25) is 76.7 Å². The number of thioether (sulfide) groups is 2. The molecule has 4 aliphatic rings. The van der Waals surface area contributed by atoms with Gasteiger partial charge in [-0.05, 0) is 72.8 Å². The first-order chi connectivity index (χ1) is 52.8. The number of hydrogen-bond donors (Lipinski definition) is 2. The molecule has 4 heterocycles. The maximum absolute atomic E-state index is 13.7. The second-order valence-corrected chi connectivity index (χ2v) is 27.4. The molecule has 4 saturated heterocycles. The normalized spacial score (nSPS) is 27.2. The summed E-state index contributed by atoms with van der Waals surface area (Å²) in [4.78, 5) is 205. The third-order valence-corrected chi connectivity index (χ3v) is 18.2. The number of benzene rings is 3. The highest BCUT2D eigenvalue weighted by Gasteiger charge is 2.60. The van der Waals surface area contributed by atoms with Crippen molar-refractivity contribution in [2.45, 2.75) is 228 Å². The first-order valence-corrected chi connectivity index (χ1v) is 36.0. The zero-order chi connectivity index (χ0) is 82.5. The lowest BCUT2D eigenvalue weighted by Gasteiger charge is -2.48. The molecule has 3 aromatic rings. The molecule has 38 nitrogen and oxygen atoms in total. The highest BCUT2D eigenvalue weighted by atomic mass is 32.2. The molecule has 4 aliphatic heterocycles. The number of rotatable bonds is 30. The van der Waals surface area contributed by atoms with Crippen molar-refractivity contribution in [3.63, 3.8) is 0 Å². The van der Waals surface area contributed by atoms with Crippen molar-refractivity contribution in [2.24, 2.45) is 0 Å². The van der Waals surface area contributed by atoms with Gasteiger partial charge < -0.3 is 105 Å². The SMILES string of the molecule is CC(=O)OC[C@H]1O[C@@H](Sc2ccc(NC(=O)c3ccc(C(=O)Nc4ccc(S[C@@H]5O[C@H](COC(C)=O)[C@@H](O[C@@H]6O[C@H](COC(C)=O)[C@@H](OC(C)=O)[C@H](OC(C)=O)[C@H]6OC(C)=O)[C@H](OC(C)=O)[C@H]5OC(C)=O)cc4)cc3)cc2)[C@H](OC(C)=O)[C@@H](OC(C)=O)[C@@H]1O[C@@H]1O[C@H](COC(C)=O)[C@@H](OC(C)=O)[C@H](OC(C)=O)[C@H]1OC(C)=O. The Morgan fingerprint density at radius 3 is 0.741 bits per heavy atom. The summed E-state index contributed by atoms with van der Waals surface area (Å²) in [5.74, 6) is -13.8. The van der Waals surface area contributed by atoms with Crippen molar-refractivity contribution in [1.82, 2.24) is 0 Å². The van der Waals surface area contributed by atoms with E-state index >= 15 is 0 Å². The number of hydrogen-bond acceptors (Lipinski definition) is 38. The standard InChI is InChI=1S/C72H84N2O36S2/c1-31(75)91-27-51-55(95-35(5)79)59(97-37(7)81)63(101-41(11)85)69(105-51)109-57-53(29-93-33(3)77)107-71(65(103-43(13)87)61(57)99-39(9)83)111-49-23-19-47(20-24-49)73-67(89)45-15-17-46(18-16-45)68(90)74-48-21-25-50(26-22-48)112-72-66(104-44(14)88)62(100-40(10)84)58(54(108-72)30-94-34(4)78)110-70-64(102-42(12)86)60(98-38(8)82)56(96-36(6)80)52(106-70)28-92-32(2)76/h15-26,51-66,69-72H,27-30H2,1-14H3,(H,73,89)(H,74,90)/t51-,52-,53-,54-,55-,56-,57-,58-,59+,60+,61+,62+,63-,64-,65-,66-,69+,70+,71+,72+/m1/s1. The van der Waals surface area contributed by atoms with Crippen LogP contribution in [-0.2, 0) is 162 Å². The summed E-state index contributed by atoms with van der Waals surface area (Å²) in [6.45, 7) is 12.0. The molecular formula is C72H84N2O36S2. The highest BCUT2D eigenvalue weighted by Crippen LogP contribution is 2.43. The van der Waals surface area contributed by atoms with Gasteiger partial charge >= 0.3 is 83.6 Å². The minimum atomic E-state index is -1.90. The molecule has 0 aliphatic carbocycles.